The summed E-state index contributed by atoms with van der Waals surface area (Å²) in [6.07, 6.45) is 15.7. The van der Waals surface area contributed by atoms with Crippen molar-refractivity contribution in [2.24, 2.45) is 5.92 Å². The van der Waals surface area contributed by atoms with Gasteiger partial charge in [0.25, 0.3) is 0 Å². The van der Waals surface area contributed by atoms with Gasteiger partial charge in [0.2, 0.25) is 0 Å². The van der Waals surface area contributed by atoms with E-state index in [1.807, 2.05) is 12.3 Å². The van der Waals surface area contributed by atoms with Crippen LogP contribution in [0.4, 0.5) is 5.69 Å². The molecule has 0 aromatic carbocycles. The SMILES string of the molecule is C[C@H](C#N)Nc1cc(-n2ncc3cc(C#N)cnc32)ncc1-n1cc(C2CCC(CCOC3CCCCO3)CC2)nn1. The van der Waals surface area contributed by atoms with Crippen molar-refractivity contribution in [2.45, 2.75) is 76.5 Å². The lowest BCUT2D eigenvalue weighted by atomic mass is 9.79. The standard InChI is InChI=1S/C30H34N10O2/c1-20(14-31)36-25-13-28(40-30-24(17-35-40)12-22(15-32)16-34-30)33-18-27(25)39-19-26(37-38-39)23-7-5-21(6-8-23)9-11-42-29-4-2-3-10-41-29/h12-13,16-21,23,29H,2-11H2,1H3,(H,33,36)/t20-,21?,23?,29?/m1/s1. The fraction of sp³-hybridized carbons (Fsp3) is 0.500. The lowest BCUT2D eigenvalue weighted by Crippen LogP contribution is -2.24. The molecule has 1 saturated carbocycles. The summed E-state index contributed by atoms with van der Waals surface area (Å²) >= 11 is 0. The number of fused-ring (bicyclic) bond motifs is 1. The smallest absolute Gasteiger partial charge is 0.164 e. The molecule has 4 aromatic heterocycles. The minimum absolute atomic E-state index is 0.0163. The third kappa shape index (κ3) is 6.10. The number of nitriles is 2. The normalized spacial score (nSPS) is 21.5. The summed E-state index contributed by atoms with van der Waals surface area (Å²) in [6.45, 7) is 3.37. The Kier molecular flexibility index (Phi) is 8.35. The molecule has 216 valence electrons. The second-order valence-corrected chi connectivity index (χ2v) is 11.1. The number of nitrogens with zero attached hydrogens (tertiary/aromatic N) is 9. The summed E-state index contributed by atoms with van der Waals surface area (Å²) in [7, 11) is 0. The number of hydrogen-bond acceptors (Lipinski definition) is 10. The molecule has 0 bridgehead atoms. The van der Waals surface area contributed by atoms with E-state index in [2.05, 4.69) is 42.8 Å². The lowest BCUT2D eigenvalue weighted by molar-refractivity contribution is -0.164. The van der Waals surface area contributed by atoms with Gasteiger partial charge in [-0.05, 0) is 70.3 Å². The first-order chi connectivity index (χ1) is 20.6. The Labute approximate surface area is 244 Å². The van der Waals surface area contributed by atoms with Gasteiger partial charge < -0.3 is 14.8 Å². The maximum Gasteiger partial charge on any atom is 0.164 e. The van der Waals surface area contributed by atoms with E-state index in [9.17, 15) is 10.5 Å². The predicted octanol–water partition coefficient (Wildman–Crippen LogP) is 4.80. The zero-order valence-corrected chi connectivity index (χ0v) is 23.7. The van der Waals surface area contributed by atoms with Crippen molar-refractivity contribution in [3.05, 3.63) is 48.2 Å². The van der Waals surface area contributed by atoms with Gasteiger partial charge in [-0.1, -0.05) is 5.21 Å². The monoisotopic (exact) mass is 566 g/mol. The van der Waals surface area contributed by atoms with Crippen LogP contribution in [0, 0.1) is 28.6 Å². The van der Waals surface area contributed by atoms with Crippen molar-refractivity contribution in [3.8, 4) is 23.6 Å². The zero-order valence-electron chi connectivity index (χ0n) is 23.7. The Morgan fingerprint density at radius 2 is 1.98 bits per heavy atom. The number of nitrogens with one attached hydrogen (secondary N) is 1. The van der Waals surface area contributed by atoms with E-state index in [-0.39, 0.29) is 6.29 Å². The maximum atomic E-state index is 9.49. The topological polar surface area (TPSA) is 152 Å². The number of hydrogen-bond donors (Lipinski definition) is 1. The molecular weight excluding hydrogens is 532 g/mol. The predicted molar refractivity (Wildman–Crippen MR) is 154 cm³/mol. The Bertz CT molecular complexity index is 1600. The van der Waals surface area contributed by atoms with Crippen LogP contribution >= 0.6 is 0 Å². The first-order valence-electron chi connectivity index (χ1n) is 14.7. The molecule has 1 aliphatic carbocycles. The lowest BCUT2D eigenvalue weighted by Gasteiger charge is -2.28. The molecule has 1 unspecified atom stereocenters. The molecular formula is C30H34N10O2. The molecule has 6 rings (SSSR count). The van der Waals surface area contributed by atoms with Crippen LogP contribution in [0.1, 0.15) is 75.5 Å². The molecule has 1 aliphatic heterocycles. The number of ether oxygens (including phenoxy) is 2. The highest BCUT2D eigenvalue weighted by Crippen LogP contribution is 2.37. The number of rotatable bonds is 9. The minimum Gasteiger partial charge on any atom is -0.368 e. The van der Waals surface area contributed by atoms with E-state index in [4.69, 9.17) is 9.47 Å². The van der Waals surface area contributed by atoms with Crippen LogP contribution in [0.5, 0.6) is 0 Å². The third-order valence-electron chi connectivity index (χ3n) is 8.18. The molecule has 0 amide bonds. The third-order valence-corrected chi connectivity index (χ3v) is 8.18. The summed E-state index contributed by atoms with van der Waals surface area (Å²) in [4.78, 5) is 9.04. The number of aromatic nitrogens is 7. The highest BCUT2D eigenvalue weighted by Gasteiger charge is 2.26. The van der Waals surface area contributed by atoms with Crippen LogP contribution in [0.2, 0.25) is 0 Å². The van der Waals surface area contributed by atoms with E-state index >= 15 is 0 Å². The van der Waals surface area contributed by atoms with Crippen molar-refractivity contribution in [1.29, 1.82) is 10.5 Å². The van der Waals surface area contributed by atoms with Crippen LogP contribution in [0.15, 0.2) is 36.9 Å². The van der Waals surface area contributed by atoms with Gasteiger partial charge in [0, 0.05) is 36.8 Å². The molecule has 12 heteroatoms. The maximum absolute atomic E-state index is 9.49. The zero-order chi connectivity index (χ0) is 28.9. The van der Waals surface area contributed by atoms with Crippen molar-refractivity contribution in [2.75, 3.05) is 18.5 Å². The van der Waals surface area contributed by atoms with Crippen molar-refractivity contribution >= 4 is 16.7 Å². The molecule has 0 spiro atoms. The van der Waals surface area contributed by atoms with Crippen LogP contribution < -0.4 is 5.32 Å². The molecule has 2 aliphatic rings. The Morgan fingerprint density at radius 3 is 2.76 bits per heavy atom. The summed E-state index contributed by atoms with van der Waals surface area (Å²) in [5, 5.41) is 36.1. The van der Waals surface area contributed by atoms with Crippen molar-refractivity contribution in [3.63, 3.8) is 0 Å². The van der Waals surface area contributed by atoms with Crippen molar-refractivity contribution in [1.82, 2.24) is 34.7 Å². The molecule has 0 radical (unpaired) electrons. The van der Waals surface area contributed by atoms with E-state index in [1.165, 1.54) is 12.6 Å². The van der Waals surface area contributed by atoms with E-state index in [0.29, 0.717) is 40.2 Å². The number of anilines is 1. The highest BCUT2D eigenvalue weighted by molar-refractivity contribution is 5.77. The molecule has 4 aromatic rings. The van der Waals surface area contributed by atoms with Gasteiger partial charge in [-0.15, -0.1) is 5.10 Å². The highest BCUT2D eigenvalue weighted by atomic mass is 16.7. The molecule has 2 fully saturated rings. The van der Waals surface area contributed by atoms with Gasteiger partial charge in [-0.25, -0.2) is 14.6 Å². The van der Waals surface area contributed by atoms with E-state index < -0.39 is 6.04 Å². The Hall–Kier alpha value is -4.39. The minimum atomic E-state index is -0.448. The Balaban J connectivity index is 1.15. The summed E-state index contributed by atoms with van der Waals surface area (Å²) in [5.41, 5.74) is 3.38. The van der Waals surface area contributed by atoms with Gasteiger partial charge in [-0.2, -0.15) is 20.3 Å². The molecule has 1 saturated heterocycles. The van der Waals surface area contributed by atoms with Gasteiger partial charge >= 0.3 is 0 Å². The van der Waals surface area contributed by atoms with E-state index in [1.54, 1.807) is 34.7 Å². The van der Waals surface area contributed by atoms with Gasteiger partial charge in [-0.3, -0.25) is 0 Å². The van der Waals surface area contributed by atoms with Crippen LogP contribution in [-0.2, 0) is 9.47 Å². The van der Waals surface area contributed by atoms with Crippen LogP contribution in [-0.4, -0.2) is 60.3 Å². The molecule has 2 atom stereocenters. The Morgan fingerprint density at radius 1 is 1.10 bits per heavy atom. The van der Waals surface area contributed by atoms with Gasteiger partial charge in [0.15, 0.2) is 17.8 Å². The first kappa shape index (κ1) is 27.8. The fourth-order valence-electron chi connectivity index (χ4n) is 5.80. The quantitative estimate of drug-likeness (QED) is 0.299. The average Bonchev–Trinajstić information content (AvgIpc) is 3.69. The average molecular weight is 567 g/mol. The summed E-state index contributed by atoms with van der Waals surface area (Å²) in [6, 6.07) is 7.43. The molecule has 42 heavy (non-hydrogen) atoms. The largest absolute Gasteiger partial charge is 0.368 e. The van der Waals surface area contributed by atoms with Crippen LogP contribution in [0.25, 0.3) is 22.5 Å². The first-order valence-corrected chi connectivity index (χ1v) is 14.7. The fourth-order valence-corrected chi connectivity index (χ4v) is 5.80. The second kappa shape index (κ2) is 12.6. The van der Waals surface area contributed by atoms with Crippen LogP contribution in [0.3, 0.4) is 0 Å². The number of pyridine rings is 2. The van der Waals surface area contributed by atoms with Gasteiger partial charge in [0.1, 0.15) is 17.8 Å². The van der Waals surface area contributed by atoms with Crippen molar-refractivity contribution < 1.29 is 9.47 Å². The summed E-state index contributed by atoms with van der Waals surface area (Å²) in [5.74, 6) is 1.55. The van der Waals surface area contributed by atoms with Gasteiger partial charge in [0.05, 0.1) is 41.6 Å². The second-order valence-electron chi connectivity index (χ2n) is 11.1. The summed E-state index contributed by atoms with van der Waals surface area (Å²) < 4.78 is 15.0. The van der Waals surface area contributed by atoms with E-state index in [0.717, 1.165) is 69.2 Å². The molecule has 12 nitrogen and oxygen atoms in total. The molecule has 5 heterocycles. The molecule has 1 N–H and O–H groups in total.